The van der Waals surface area contributed by atoms with Gasteiger partial charge in [-0.25, -0.2) is 4.98 Å². The van der Waals surface area contributed by atoms with E-state index in [0.29, 0.717) is 18.1 Å². The Bertz CT molecular complexity index is 455. The van der Waals surface area contributed by atoms with Crippen LogP contribution in [0.15, 0.2) is 23.6 Å². The topological polar surface area (TPSA) is 107 Å². The maximum absolute atomic E-state index is 11.4. The van der Waals surface area contributed by atoms with Crippen molar-refractivity contribution in [3.05, 3.63) is 33.7 Å². The van der Waals surface area contributed by atoms with E-state index in [2.05, 4.69) is 10.3 Å². The molecule has 2 heterocycles. The van der Waals surface area contributed by atoms with E-state index in [0.717, 1.165) is 19.0 Å². The minimum absolute atomic E-state index is 0.0284. The Hall–Kier alpha value is -2.45. The van der Waals surface area contributed by atoms with Crippen LogP contribution in [0.5, 0.6) is 5.88 Å². The minimum Gasteiger partial charge on any atom is -0.569 e. The summed E-state index contributed by atoms with van der Waals surface area (Å²) < 4.78 is 0. The van der Waals surface area contributed by atoms with E-state index in [1.54, 1.807) is 0 Å². The minimum atomic E-state index is -0.571. The summed E-state index contributed by atoms with van der Waals surface area (Å²) in [5.74, 6) is 0.0284. The molecule has 1 aromatic rings. The van der Waals surface area contributed by atoms with Crippen molar-refractivity contribution in [2.24, 2.45) is 5.28 Å². The van der Waals surface area contributed by atoms with Crippen molar-refractivity contribution in [2.45, 2.75) is 12.8 Å². The molecular weight excluding hydrogens is 242 g/mol. The highest BCUT2D eigenvalue weighted by Crippen LogP contribution is 2.14. The standard InChI is InChI=1S/C9H11N5O4/c15-13(16)8-3-4-9(10-7-8)18-11-14(17)12-5-1-2-6-12/h3-4,7H,1-2,5-6H2/b14-11-. The number of hydrogen-bond donors (Lipinski definition) is 0. The Morgan fingerprint density at radius 3 is 2.61 bits per heavy atom. The fourth-order valence-corrected chi connectivity index (χ4v) is 1.53. The van der Waals surface area contributed by atoms with Gasteiger partial charge in [0.15, 0.2) is 0 Å². The van der Waals surface area contributed by atoms with Crippen molar-refractivity contribution < 1.29 is 14.7 Å². The maximum Gasteiger partial charge on any atom is 0.287 e. The number of aromatic nitrogens is 1. The van der Waals surface area contributed by atoms with E-state index >= 15 is 0 Å². The zero-order valence-electron chi connectivity index (χ0n) is 9.43. The van der Waals surface area contributed by atoms with Crippen molar-refractivity contribution >= 4 is 5.69 Å². The van der Waals surface area contributed by atoms with Crippen molar-refractivity contribution in [2.75, 3.05) is 13.1 Å². The molecule has 1 aliphatic rings. The molecule has 0 unspecified atom stereocenters. The normalized spacial score (nSPS) is 15.8. The van der Waals surface area contributed by atoms with Gasteiger partial charge >= 0.3 is 0 Å². The number of pyridine rings is 1. The Kier molecular flexibility index (Phi) is 3.51. The molecule has 0 bridgehead atoms. The first-order chi connectivity index (χ1) is 8.66. The largest absolute Gasteiger partial charge is 0.569 e. The van der Waals surface area contributed by atoms with Gasteiger partial charge in [-0.1, -0.05) is 0 Å². The van der Waals surface area contributed by atoms with Crippen LogP contribution in [0.25, 0.3) is 0 Å². The Labute approximate surface area is 102 Å². The molecule has 18 heavy (non-hydrogen) atoms. The van der Waals surface area contributed by atoms with Gasteiger partial charge in [0.1, 0.15) is 6.20 Å². The van der Waals surface area contributed by atoms with Gasteiger partial charge in [0.25, 0.3) is 11.6 Å². The number of rotatable bonds is 4. The van der Waals surface area contributed by atoms with E-state index < -0.39 is 4.92 Å². The second-order valence-electron chi connectivity index (χ2n) is 3.70. The molecule has 0 spiro atoms. The molecule has 1 fully saturated rings. The van der Waals surface area contributed by atoms with Gasteiger partial charge in [0.05, 0.1) is 23.0 Å². The third kappa shape index (κ3) is 2.81. The van der Waals surface area contributed by atoms with E-state index in [1.165, 1.54) is 17.1 Å². The van der Waals surface area contributed by atoms with E-state index in [-0.39, 0.29) is 11.6 Å². The molecule has 0 N–H and O–H groups in total. The molecule has 9 nitrogen and oxygen atoms in total. The predicted octanol–water partition coefficient (Wildman–Crippen LogP) is 1.26. The Morgan fingerprint density at radius 2 is 2.06 bits per heavy atom. The van der Waals surface area contributed by atoms with Gasteiger partial charge in [0.2, 0.25) is 5.28 Å². The average Bonchev–Trinajstić information content (AvgIpc) is 2.90. The smallest absolute Gasteiger partial charge is 0.287 e. The maximum atomic E-state index is 11.4. The lowest BCUT2D eigenvalue weighted by molar-refractivity contribution is -0.703. The van der Waals surface area contributed by atoms with Gasteiger partial charge in [-0.3, -0.25) is 15.0 Å². The highest BCUT2D eigenvalue weighted by atomic mass is 16.7. The van der Waals surface area contributed by atoms with Gasteiger partial charge < -0.3 is 5.21 Å². The molecule has 96 valence electrons. The van der Waals surface area contributed by atoms with Crippen molar-refractivity contribution in [3.63, 3.8) is 0 Å². The second-order valence-corrected chi connectivity index (χ2v) is 3.70. The molecule has 0 radical (unpaired) electrons. The van der Waals surface area contributed by atoms with E-state index in [1.807, 2.05) is 0 Å². The zero-order chi connectivity index (χ0) is 13.0. The SMILES string of the molecule is O=[N+]([O-])c1ccc(O/N=[N+](\[O-])N2CCCC2)nc1. The highest BCUT2D eigenvalue weighted by molar-refractivity contribution is 5.28. The van der Waals surface area contributed by atoms with Gasteiger partial charge in [0, 0.05) is 12.1 Å². The summed E-state index contributed by atoms with van der Waals surface area (Å²) in [5.41, 5.74) is -0.152. The first-order valence-corrected chi connectivity index (χ1v) is 5.37. The second kappa shape index (κ2) is 5.25. The molecule has 2 rings (SSSR count). The number of nitro groups is 1. The van der Waals surface area contributed by atoms with Crippen LogP contribution in [0.2, 0.25) is 0 Å². The molecule has 0 amide bonds. The molecule has 0 saturated carbocycles. The Balaban J connectivity index is 1.96. The van der Waals surface area contributed by atoms with Crippen molar-refractivity contribution in [3.8, 4) is 5.88 Å². The third-order valence-corrected chi connectivity index (χ3v) is 2.46. The first-order valence-electron chi connectivity index (χ1n) is 5.37. The molecule has 1 aromatic heterocycles. The molecule has 0 aromatic carbocycles. The van der Waals surface area contributed by atoms with Crippen molar-refractivity contribution in [1.29, 1.82) is 0 Å². The number of hydrogen-bond acceptors (Lipinski definition) is 6. The lowest BCUT2D eigenvalue weighted by atomic mass is 10.4. The van der Waals surface area contributed by atoms with Crippen LogP contribution >= 0.6 is 0 Å². The van der Waals surface area contributed by atoms with Gasteiger partial charge in [-0.2, -0.15) is 0 Å². The highest BCUT2D eigenvalue weighted by Gasteiger charge is 2.18. The van der Waals surface area contributed by atoms with E-state index in [4.69, 9.17) is 4.84 Å². The van der Waals surface area contributed by atoms with Gasteiger partial charge in [-0.05, 0) is 12.8 Å². The predicted molar refractivity (Wildman–Crippen MR) is 58.4 cm³/mol. The quantitative estimate of drug-likeness (QED) is 0.346. The van der Waals surface area contributed by atoms with Crippen LogP contribution in [0.4, 0.5) is 5.69 Å². The molecular formula is C9H11N5O4. The molecule has 0 atom stereocenters. The Morgan fingerprint density at radius 1 is 1.33 bits per heavy atom. The van der Waals surface area contributed by atoms with Crippen molar-refractivity contribution in [1.82, 2.24) is 9.99 Å². The summed E-state index contributed by atoms with van der Waals surface area (Å²) in [4.78, 5) is 18.6. The van der Waals surface area contributed by atoms with Crippen LogP contribution in [0, 0.1) is 15.3 Å². The van der Waals surface area contributed by atoms with Crippen LogP contribution < -0.4 is 4.84 Å². The van der Waals surface area contributed by atoms with E-state index in [9.17, 15) is 15.3 Å². The summed E-state index contributed by atoms with van der Waals surface area (Å²) in [5, 5.41) is 26.6. The number of nitrogens with zero attached hydrogens (tertiary/aromatic N) is 5. The fraction of sp³-hybridized carbons (Fsp3) is 0.444. The van der Waals surface area contributed by atoms with Crippen LogP contribution in [0.3, 0.4) is 0 Å². The third-order valence-electron chi connectivity index (χ3n) is 2.46. The molecule has 0 aliphatic carbocycles. The van der Waals surface area contributed by atoms with Crippen LogP contribution in [0.1, 0.15) is 12.8 Å². The lowest BCUT2D eigenvalue weighted by Gasteiger charge is -2.09. The van der Waals surface area contributed by atoms with Crippen LogP contribution in [-0.4, -0.2) is 33.0 Å². The fourth-order valence-electron chi connectivity index (χ4n) is 1.53. The lowest BCUT2D eigenvalue weighted by Crippen LogP contribution is -2.27. The summed E-state index contributed by atoms with van der Waals surface area (Å²) in [6, 6.07) is 2.50. The van der Waals surface area contributed by atoms with Crippen LogP contribution in [-0.2, 0) is 0 Å². The molecule has 9 heteroatoms. The summed E-state index contributed by atoms with van der Waals surface area (Å²) in [6.45, 7) is 1.29. The van der Waals surface area contributed by atoms with Gasteiger partial charge in [-0.15, -0.1) is 5.01 Å². The summed E-state index contributed by atoms with van der Waals surface area (Å²) in [6.07, 6.45) is 2.93. The number of hydrazine groups is 1. The first kappa shape index (κ1) is 12.0. The average molecular weight is 253 g/mol. The summed E-state index contributed by atoms with van der Waals surface area (Å²) >= 11 is 0. The zero-order valence-corrected chi connectivity index (χ0v) is 9.43. The molecule has 1 aliphatic heterocycles. The monoisotopic (exact) mass is 253 g/mol. The molecule has 1 saturated heterocycles. The summed E-state index contributed by atoms with van der Waals surface area (Å²) in [7, 11) is 0.